The van der Waals surface area contributed by atoms with Gasteiger partial charge in [-0.25, -0.2) is 8.42 Å². The van der Waals surface area contributed by atoms with E-state index in [1.54, 1.807) is 6.92 Å². The van der Waals surface area contributed by atoms with Crippen LogP contribution in [0.3, 0.4) is 0 Å². The number of piperidine rings is 1. The fourth-order valence-electron chi connectivity index (χ4n) is 3.39. The van der Waals surface area contributed by atoms with Crippen LogP contribution >= 0.6 is 0 Å². The third-order valence-electron chi connectivity index (χ3n) is 6.02. The molecule has 0 spiro atoms. The summed E-state index contributed by atoms with van der Waals surface area (Å²) >= 11 is 0. The Bertz CT molecular complexity index is 750. The van der Waals surface area contributed by atoms with Gasteiger partial charge in [0.05, 0.1) is 10.5 Å². The lowest BCUT2D eigenvalue weighted by atomic mass is 9.80. The normalized spacial score (nSPS) is 29.0. The van der Waals surface area contributed by atoms with Gasteiger partial charge in [0.25, 0.3) is 0 Å². The molecule has 2 N–H and O–H groups in total. The smallest absolute Gasteiger partial charge is 0.243 e. The zero-order valence-corrected chi connectivity index (χ0v) is 16.5. The lowest BCUT2D eigenvalue weighted by Crippen LogP contribution is -2.62. The monoisotopic (exact) mass is 355 g/mol. The van der Waals surface area contributed by atoms with E-state index < -0.39 is 21.2 Å². The van der Waals surface area contributed by atoms with E-state index in [0.29, 0.717) is 4.90 Å². The Labute approximate surface area is 145 Å². The van der Waals surface area contributed by atoms with Crippen LogP contribution in [0.5, 0.6) is 0 Å². The van der Waals surface area contributed by atoms with Crippen LogP contribution in [0.15, 0.2) is 4.90 Å². The van der Waals surface area contributed by atoms with Crippen molar-refractivity contribution in [3.63, 3.8) is 0 Å². The van der Waals surface area contributed by atoms with Gasteiger partial charge in [0.2, 0.25) is 10.0 Å². The van der Waals surface area contributed by atoms with Gasteiger partial charge in [-0.3, -0.25) is 0 Å². The second-order valence-electron chi connectivity index (χ2n) is 7.59. The number of nitrogens with zero attached hydrogens (tertiary/aromatic N) is 1. The van der Waals surface area contributed by atoms with E-state index in [4.69, 9.17) is 0 Å². The molecule has 1 heterocycles. The van der Waals surface area contributed by atoms with Gasteiger partial charge >= 0.3 is 0 Å². The van der Waals surface area contributed by atoms with Crippen LogP contribution in [0, 0.1) is 34.6 Å². The Morgan fingerprint density at radius 3 is 1.67 bits per heavy atom. The molecular weight excluding hydrogens is 326 g/mol. The van der Waals surface area contributed by atoms with Crippen LogP contribution in [0.25, 0.3) is 0 Å². The average Bonchev–Trinajstić information content (AvgIpc) is 2.45. The summed E-state index contributed by atoms with van der Waals surface area (Å²) in [7, 11) is -3.74. The van der Waals surface area contributed by atoms with Crippen molar-refractivity contribution < 1.29 is 18.6 Å². The fraction of sp³-hybridized carbons (Fsp3) is 0.667. The third-order valence-corrected chi connectivity index (χ3v) is 8.14. The number of benzene rings is 1. The van der Waals surface area contributed by atoms with Crippen molar-refractivity contribution in [3.05, 3.63) is 27.8 Å². The van der Waals surface area contributed by atoms with Crippen molar-refractivity contribution in [2.45, 2.75) is 71.0 Å². The lowest BCUT2D eigenvalue weighted by molar-refractivity contribution is -0.158. The van der Waals surface area contributed by atoms with Gasteiger partial charge in [0.15, 0.2) is 0 Å². The quantitative estimate of drug-likeness (QED) is 0.852. The summed E-state index contributed by atoms with van der Waals surface area (Å²) in [6, 6.07) is 0. The van der Waals surface area contributed by atoms with Gasteiger partial charge < -0.3 is 10.2 Å². The molecule has 2 rings (SSSR count). The van der Waals surface area contributed by atoms with Gasteiger partial charge in [-0.2, -0.15) is 4.31 Å². The molecule has 6 heteroatoms. The maximum absolute atomic E-state index is 13.3. The van der Waals surface area contributed by atoms with Crippen molar-refractivity contribution >= 4 is 10.0 Å². The van der Waals surface area contributed by atoms with E-state index >= 15 is 0 Å². The molecule has 0 bridgehead atoms. The molecule has 1 aromatic rings. The van der Waals surface area contributed by atoms with E-state index in [1.165, 1.54) is 11.2 Å². The summed E-state index contributed by atoms with van der Waals surface area (Å²) in [5.41, 5.74) is 1.79. The molecule has 24 heavy (non-hydrogen) atoms. The second kappa shape index (κ2) is 5.80. The second-order valence-corrected chi connectivity index (χ2v) is 9.47. The predicted octanol–water partition coefficient (Wildman–Crippen LogP) is 2.13. The third kappa shape index (κ3) is 2.79. The van der Waals surface area contributed by atoms with Crippen LogP contribution in [0.2, 0.25) is 0 Å². The molecule has 1 aromatic carbocycles. The van der Waals surface area contributed by atoms with E-state index in [0.717, 1.165) is 27.8 Å². The lowest BCUT2D eigenvalue weighted by Gasteiger charge is -2.46. The molecule has 1 aliphatic heterocycles. The van der Waals surface area contributed by atoms with E-state index in [-0.39, 0.29) is 19.5 Å². The van der Waals surface area contributed by atoms with Gasteiger partial charge in [-0.05, 0) is 82.7 Å². The molecule has 136 valence electrons. The summed E-state index contributed by atoms with van der Waals surface area (Å²) in [5, 5.41) is 20.8. The van der Waals surface area contributed by atoms with Crippen molar-refractivity contribution in [2.75, 3.05) is 13.1 Å². The topological polar surface area (TPSA) is 77.8 Å². The predicted molar refractivity (Wildman–Crippen MR) is 94.8 cm³/mol. The molecule has 0 radical (unpaired) electrons. The molecule has 0 aromatic heterocycles. The van der Waals surface area contributed by atoms with Gasteiger partial charge in [-0.1, -0.05) is 0 Å². The Kier molecular flexibility index (Phi) is 4.68. The molecule has 2 atom stereocenters. The SMILES string of the molecule is Cc1c(C)c(C)c(S(=O)(=O)N2CC[C@@](C)(O)[C@@](C)(O)C2)c(C)c1C. The number of rotatable bonds is 2. The first-order valence-electron chi connectivity index (χ1n) is 8.26. The van der Waals surface area contributed by atoms with Crippen molar-refractivity contribution in [3.8, 4) is 0 Å². The van der Waals surface area contributed by atoms with Crippen LogP contribution in [-0.2, 0) is 10.0 Å². The first-order valence-corrected chi connectivity index (χ1v) is 9.70. The highest BCUT2D eigenvalue weighted by atomic mass is 32.2. The summed E-state index contributed by atoms with van der Waals surface area (Å²) in [5.74, 6) is 0. The summed E-state index contributed by atoms with van der Waals surface area (Å²) in [6.45, 7) is 12.7. The van der Waals surface area contributed by atoms with Crippen molar-refractivity contribution in [2.24, 2.45) is 0 Å². The molecule has 0 amide bonds. The zero-order valence-electron chi connectivity index (χ0n) is 15.7. The minimum Gasteiger partial charge on any atom is -0.387 e. The fourth-order valence-corrected chi connectivity index (χ4v) is 5.48. The Morgan fingerprint density at radius 2 is 1.25 bits per heavy atom. The highest BCUT2D eigenvalue weighted by molar-refractivity contribution is 7.89. The highest BCUT2D eigenvalue weighted by Gasteiger charge is 2.49. The maximum Gasteiger partial charge on any atom is 0.243 e. The largest absolute Gasteiger partial charge is 0.387 e. The number of hydrogen-bond donors (Lipinski definition) is 2. The summed E-state index contributed by atoms with van der Waals surface area (Å²) < 4.78 is 27.9. The zero-order chi connectivity index (χ0) is 18.7. The van der Waals surface area contributed by atoms with E-state index in [9.17, 15) is 18.6 Å². The summed E-state index contributed by atoms with van der Waals surface area (Å²) in [6.07, 6.45) is 0.196. The van der Waals surface area contributed by atoms with Gasteiger partial charge in [0, 0.05) is 13.1 Å². The van der Waals surface area contributed by atoms with Crippen molar-refractivity contribution in [1.29, 1.82) is 0 Å². The molecule has 0 unspecified atom stereocenters. The molecule has 1 aliphatic rings. The first-order chi connectivity index (χ1) is 10.7. The van der Waals surface area contributed by atoms with Crippen LogP contribution in [0.1, 0.15) is 48.1 Å². The minimum atomic E-state index is -3.74. The molecular formula is C18H29NO4S. The first kappa shape index (κ1) is 19.4. The maximum atomic E-state index is 13.3. The Hall–Kier alpha value is -0.950. The molecule has 5 nitrogen and oxygen atoms in total. The highest BCUT2D eigenvalue weighted by Crippen LogP contribution is 2.37. The molecule has 0 saturated carbocycles. The molecule has 0 aliphatic carbocycles. The Balaban J connectivity index is 2.58. The van der Waals surface area contributed by atoms with E-state index in [1.807, 2.05) is 34.6 Å². The molecule has 1 fully saturated rings. The number of β-amino-alcohol motifs (C(OH)–C–C–N with tert-alkyl or cyclic N) is 1. The van der Waals surface area contributed by atoms with Crippen LogP contribution in [0.4, 0.5) is 0 Å². The van der Waals surface area contributed by atoms with Crippen LogP contribution in [-0.4, -0.2) is 47.2 Å². The minimum absolute atomic E-state index is 0.118. The molecule has 1 saturated heterocycles. The standard InChI is InChI=1S/C18H29NO4S/c1-11-12(2)14(4)16(15(5)13(11)3)24(22,23)19-9-8-17(6,20)18(7,21)10-19/h20-21H,8-10H2,1-7H3/t17-,18+/m1/s1. The number of hydrogen-bond acceptors (Lipinski definition) is 4. The van der Waals surface area contributed by atoms with Gasteiger partial charge in [0.1, 0.15) is 5.60 Å². The summed E-state index contributed by atoms with van der Waals surface area (Å²) in [4.78, 5) is 0.334. The number of sulfonamides is 1. The Morgan fingerprint density at radius 1 is 0.833 bits per heavy atom. The average molecular weight is 356 g/mol. The van der Waals surface area contributed by atoms with Crippen molar-refractivity contribution in [1.82, 2.24) is 4.31 Å². The van der Waals surface area contributed by atoms with E-state index in [2.05, 4.69) is 0 Å². The number of aliphatic hydroxyl groups is 2. The van der Waals surface area contributed by atoms with Gasteiger partial charge in [-0.15, -0.1) is 0 Å². The van der Waals surface area contributed by atoms with Crippen LogP contribution < -0.4 is 0 Å².